The molecule has 0 aromatic heterocycles. The number of nitrogens with two attached hydrogens (primary N) is 1. The van der Waals surface area contributed by atoms with Crippen molar-refractivity contribution < 1.29 is 25.8 Å². The minimum absolute atomic E-state index is 0.0319. The van der Waals surface area contributed by atoms with E-state index in [0.717, 1.165) is 11.1 Å². The van der Waals surface area contributed by atoms with Crippen molar-refractivity contribution in [3.05, 3.63) is 71.8 Å². The van der Waals surface area contributed by atoms with Gasteiger partial charge in [-0.05, 0) is 0 Å². The molecule has 0 heterocycles. The molecule has 2 rings (SSSR count). The summed E-state index contributed by atoms with van der Waals surface area (Å²) in [7, 11) is -3.21. The van der Waals surface area contributed by atoms with Gasteiger partial charge in [0.15, 0.2) is 0 Å². The molecule has 0 saturated heterocycles. The third kappa shape index (κ3) is 5.01. The van der Waals surface area contributed by atoms with Crippen LogP contribution in [-0.2, 0) is 27.4 Å². The maximum absolute atomic E-state index is 11.4. The number of nitrogens with one attached hydrogen (secondary N) is 1. The average molecular weight is 391 g/mol. The minimum atomic E-state index is -3.21. The van der Waals surface area contributed by atoms with Gasteiger partial charge in [-0.2, -0.15) is 0 Å². The standard InChI is InChI=1S/C14H14N.CH4NO2S.Ru/c15-14(13-9-5-2-6-10-13)11-12-7-3-1-4-8-12;1-5(2,3)4;/h1-11,14H,15H2;1H3,(H-,2,3,4);/q;-1;+1/t14-;;/m0../s1. The van der Waals surface area contributed by atoms with Crippen LogP contribution in [0.15, 0.2) is 60.7 Å². The molecule has 4 nitrogen and oxygen atoms in total. The van der Waals surface area contributed by atoms with Crippen molar-refractivity contribution in [3.8, 4) is 0 Å². The molecule has 0 unspecified atom stereocenters. The first kappa shape index (κ1) is 16.3. The monoisotopic (exact) mass is 392 g/mol. The van der Waals surface area contributed by atoms with Crippen LogP contribution in [-0.4, -0.2) is 14.7 Å². The summed E-state index contributed by atoms with van der Waals surface area (Å²) in [6, 6.07) is 19.4. The molecule has 0 spiro atoms. The molecule has 0 amide bonds. The third-order valence-corrected chi connectivity index (χ3v) is 7.52. The van der Waals surface area contributed by atoms with E-state index in [9.17, 15) is 8.42 Å². The normalized spacial score (nSPS) is 14.8. The summed E-state index contributed by atoms with van der Waals surface area (Å²) in [4.78, 5) is 0. The molecule has 0 saturated carbocycles. The van der Waals surface area contributed by atoms with E-state index in [-0.39, 0.29) is 10.6 Å². The van der Waals surface area contributed by atoms with Crippen LogP contribution >= 0.6 is 0 Å². The van der Waals surface area contributed by atoms with Gasteiger partial charge in [0, 0.05) is 0 Å². The molecule has 2 aromatic carbocycles. The molecule has 21 heavy (non-hydrogen) atoms. The number of rotatable bonds is 6. The second kappa shape index (κ2) is 7.27. The second-order valence-corrected chi connectivity index (χ2v) is 9.02. The van der Waals surface area contributed by atoms with Crippen LogP contribution < -0.4 is 9.20 Å². The molecule has 0 aliphatic carbocycles. The molecule has 3 N–H and O–H groups in total. The molecule has 2 atom stereocenters. The maximum atomic E-state index is 11.4. The van der Waals surface area contributed by atoms with E-state index in [2.05, 4.69) is 3.46 Å². The van der Waals surface area contributed by atoms with Crippen molar-refractivity contribution >= 4 is 10.0 Å². The van der Waals surface area contributed by atoms with Crippen molar-refractivity contribution in [1.82, 2.24) is 3.46 Å². The first-order valence-corrected chi connectivity index (χ1v) is 10.2. The fourth-order valence-electron chi connectivity index (χ4n) is 1.92. The Morgan fingerprint density at radius 2 is 1.43 bits per heavy atom. The molecule has 0 aliphatic rings. The van der Waals surface area contributed by atoms with Crippen LogP contribution in [0.3, 0.4) is 0 Å². The molecule has 0 fully saturated rings. The van der Waals surface area contributed by atoms with Gasteiger partial charge in [-0.3, -0.25) is 0 Å². The van der Waals surface area contributed by atoms with Crippen molar-refractivity contribution in [3.63, 3.8) is 0 Å². The van der Waals surface area contributed by atoms with Crippen LogP contribution in [0.1, 0.15) is 21.7 Å². The topological polar surface area (TPSA) is 72.2 Å². The Hall–Kier alpha value is -1.07. The van der Waals surface area contributed by atoms with Crippen LogP contribution in [0, 0.1) is 0 Å². The summed E-state index contributed by atoms with van der Waals surface area (Å²) in [6.45, 7) is 0. The van der Waals surface area contributed by atoms with Crippen LogP contribution in [0.2, 0.25) is 0 Å². The van der Waals surface area contributed by atoms with Crippen molar-refractivity contribution in [2.75, 3.05) is 6.26 Å². The van der Waals surface area contributed by atoms with Crippen molar-refractivity contribution in [1.29, 1.82) is 0 Å². The van der Waals surface area contributed by atoms with Gasteiger partial charge >= 0.3 is 134 Å². The van der Waals surface area contributed by atoms with Crippen LogP contribution in [0.5, 0.6) is 0 Å². The van der Waals surface area contributed by atoms with E-state index in [1.165, 1.54) is 6.26 Å². The van der Waals surface area contributed by atoms with Crippen LogP contribution in [0.25, 0.3) is 0 Å². The molecule has 0 radical (unpaired) electrons. The van der Waals surface area contributed by atoms with E-state index in [1.54, 1.807) is 0 Å². The predicted octanol–water partition coefficient (Wildman–Crippen LogP) is 1.97. The summed E-state index contributed by atoms with van der Waals surface area (Å²) < 4.78 is 25.4. The Morgan fingerprint density at radius 1 is 0.952 bits per heavy atom. The van der Waals surface area contributed by atoms with Gasteiger partial charge in [0.2, 0.25) is 0 Å². The van der Waals surface area contributed by atoms with Gasteiger partial charge in [-0.1, -0.05) is 0 Å². The molecular formula is C15H18N2O2RuS. The van der Waals surface area contributed by atoms with E-state index in [1.807, 2.05) is 60.7 Å². The fraction of sp³-hybridized carbons (Fsp3) is 0.200. The van der Waals surface area contributed by atoms with Crippen LogP contribution in [0.4, 0.5) is 0 Å². The van der Waals surface area contributed by atoms with Gasteiger partial charge in [-0.15, -0.1) is 0 Å². The Morgan fingerprint density at radius 3 is 1.90 bits per heavy atom. The molecule has 0 aliphatic heterocycles. The number of sulfonamides is 1. The third-order valence-electron chi connectivity index (χ3n) is 2.88. The van der Waals surface area contributed by atoms with E-state index in [0.29, 0.717) is 0 Å². The molecule has 6 heteroatoms. The number of hydrogen-bond acceptors (Lipinski definition) is 3. The summed E-state index contributed by atoms with van der Waals surface area (Å²) in [5.41, 5.74) is 8.46. The fourth-order valence-corrected chi connectivity index (χ4v) is 5.21. The zero-order valence-corrected chi connectivity index (χ0v) is 14.1. The van der Waals surface area contributed by atoms with Gasteiger partial charge in [0.25, 0.3) is 0 Å². The second-order valence-electron chi connectivity index (χ2n) is 4.68. The van der Waals surface area contributed by atoms with Crippen molar-refractivity contribution in [2.45, 2.75) is 10.6 Å². The summed E-state index contributed by atoms with van der Waals surface area (Å²) in [5, 5.41) is 0. The van der Waals surface area contributed by atoms with Gasteiger partial charge in [0.1, 0.15) is 0 Å². The Bertz CT molecular complexity index is 663. The Kier molecular flexibility index (Phi) is 5.65. The van der Waals surface area contributed by atoms with Crippen molar-refractivity contribution in [2.24, 2.45) is 5.73 Å². The summed E-state index contributed by atoms with van der Waals surface area (Å²) >= 11 is -0.636. The number of hydrogen-bond donors (Lipinski definition) is 2. The molecule has 0 bridgehead atoms. The molecule has 2 aromatic rings. The number of benzene rings is 2. The predicted molar refractivity (Wildman–Crippen MR) is 80.5 cm³/mol. The Labute approximate surface area is 133 Å². The molecule has 114 valence electrons. The van der Waals surface area contributed by atoms with Gasteiger partial charge in [-0.25, -0.2) is 0 Å². The summed E-state index contributed by atoms with van der Waals surface area (Å²) in [5.74, 6) is 0. The quantitative estimate of drug-likeness (QED) is 0.740. The summed E-state index contributed by atoms with van der Waals surface area (Å²) in [6.07, 6.45) is 1.18. The zero-order valence-electron chi connectivity index (χ0n) is 11.6. The average Bonchev–Trinajstić information content (AvgIpc) is 2.48. The first-order chi connectivity index (χ1) is 9.97. The van der Waals surface area contributed by atoms with E-state index < -0.39 is 27.4 Å². The van der Waals surface area contributed by atoms with Gasteiger partial charge in [0.05, 0.1) is 0 Å². The first-order valence-electron chi connectivity index (χ1n) is 6.39. The molecular weight excluding hydrogens is 373 g/mol. The van der Waals surface area contributed by atoms with E-state index in [4.69, 9.17) is 5.73 Å². The van der Waals surface area contributed by atoms with E-state index >= 15 is 0 Å². The zero-order chi connectivity index (χ0) is 15.3. The Balaban J connectivity index is 2.27. The van der Waals surface area contributed by atoms with Gasteiger partial charge < -0.3 is 0 Å². The SMILES string of the molecule is CS(=O)(=O)[NH][Ru][C@H](c1ccccc1)[C@H](N)c1ccccc1.